The van der Waals surface area contributed by atoms with E-state index in [9.17, 15) is 9.59 Å². The third-order valence-electron chi connectivity index (χ3n) is 5.17. The van der Waals surface area contributed by atoms with E-state index in [4.69, 9.17) is 11.6 Å². The summed E-state index contributed by atoms with van der Waals surface area (Å²) in [5.41, 5.74) is 3.64. The summed E-state index contributed by atoms with van der Waals surface area (Å²) in [7, 11) is 0. The Bertz CT molecular complexity index is 1060. The van der Waals surface area contributed by atoms with Gasteiger partial charge in [0.15, 0.2) is 5.78 Å². The standard InChI is InChI=1S/C22H19BrClN3O2/c1-12-19(22(29)27-18-9-8-14(23)11-25-18)20(13-4-2-5-15(24)10-13)21-16(26-12)6-3-7-17(21)28/h2,4-5,8-11,20,26H,3,6-7H2,1H3,(H,25,27,29)/t20-/m0/s1. The number of nitrogens with zero attached hydrogens (tertiary/aromatic N) is 1. The molecular weight excluding hydrogens is 454 g/mol. The highest BCUT2D eigenvalue weighted by atomic mass is 79.9. The highest BCUT2D eigenvalue weighted by Gasteiger charge is 2.38. The van der Waals surface area contributed by atoms with Crippen LogP contribution < -0.4 is 10.6 Å². The third kappa shape index (κ3) is 4.00. The van der Waals surface area contributed by atoms with Crippen LogP contribution in [0.15, 0.2) is 69.6 Å². The van der Waals surface area contributed by atoms with E-state index in [-0.39, 0.29) is 11.7 Å². The number of nitrogens with one attached hydrogen (secondary N) is 2. The summed E-state index contributed by atoms with van der Waals surface area (Å²) in [6.07, 6.45) is 3.71. The lowest BCUT2D eigenvalue weighted by atomic mass is 9.75. The molecule has 2 aliphatic rings. The van der Waals surface area contributed by atoms with Crippen LogP contribution in [0, 0.1) is 0 Å². The number of anilines is 1. The van der Waals surface area contributed by atoms with Crippen molar-refractivity contribution in [2.24, 2.45) is 0 Å². The highest BCUT2D eigenvalue weighted by Crippen LogP contribution is 2.42. The predicted octanol–water partition coefficient (Wildman–Crippen LogP) is 5.10. The van der Waals surface area contributed by atoms with Crippen LogP contribution in [0.2, 0.25) is 5.02 Å². The van der Waals surface area contributed by atoms with Crippen molar-refractivity contribution >= 4 is 45.0 Å². The van der Waals surface area contributed by atoms with E-state index in [1.54, 1.807) is 18.3 Å². The molecule has 0 radical (unpaired) electrons. The van der Waals surface area contributed by atoms with Gasteiger partial charge < -0.3 is 10.6 Å². The number of halogens is 2. The van der Waals surface area contributed by atoms with Crippen molar-refractivity contribution in [3.63, 3.8) is 0 Å². The highest BCUT2D eigenvalue weighted by molar-refractivity contribution is 9.10. The molecule has 0 unspecified atom stereocenters. The minimum Gasteiger partial charge on any atom is -0.362 e. The average Bonchev–Trinajstić information content (AvgIpc) is 2.69. The van der Waals surface area contributed by atoms with Gasteiger partial charge in [-0.05, 0) is 65.5 Å². The molecule has 1 aromatic heterocycles. The zero-order valence-corrected chi connectivity index (χ0v) is 18.1. The summed E-state index contributed by atoms with van der Waals surface area (Å²) >= 11 is 9.58. The first kappa shape index (κ1) is 19.9. The molecule has 0 spiro atoms. The molecule has 0 fully saturated rings. The lowest BCUT2D eigenvalue weighted by Gasteiger charge is -2.34. The van der Waals surface area contributed by atoms with Crippen molar-refractivity contribution in [3.05, 3.63) is 80.2 Å². The van der Waals surface area contributed by atoms with Crippen molar-refractivity contribution in [2.75, 3.05) is 5.32 Å². The van der Waals surface area contributed by atoms with Crippen LogP contribution in [0.5, 0.6) is 0 Å². The van der Waals surface area contributed by atoms with Gasteiger partial charge in [-0.1, -0.05) is 23.7 Å². The fourth-order valence-electron chi connectivity index (χ4n) is 3.94. The Morgan fingerprint density at radius 3 is 2.83 bits per heavy atom. The lowest BCUT2D eigenvalue weighted by Crippen LogP contribution is -2.35. The summed E-state index contributed by atoms with van der Waals surface area (Å²) in [6, 6.07) is 10.9. The average molecular weight is 473 g/mol. The molecule has 1 aliphatic carbocycles. The normalized spacial score (nSPS) is 19.0. The van der Waals surface area contributed by atoms with E-state index >= 15 is 0 Å². The molecule has 148 valence electrons. The molecule has 2 heterocycles. The molecule has 0 saturated carbocycles. The van der Waals surface area contributed by atoms with E-state index < -0.39 is 5.92 Å². The maximum atomic E-state index is 13.3. The van der Waals surface area contributed by atoms with Crippen LogP contribution in [0.1, 0.15) is 37.7 Å². The quantitative estimate of drug-likeness (QED) is 0.652. The molecule has 0 bridgehead atoms. The lowest BCUT2D eigenvalue weighted by molar-refractivity contribution is -0.116. The van der Waals surface area contributed by atoms with Gasteiger partial charge in [0.25, 0.3) is 5.91 Å². The summed E-state index contributed by atoms with van der Waals surface area (Å²) in [4.78, 5) is 30.4. The zero-order valence-electron chi connectivity index (χ0n) is 15.8. The molecule has 4 rings (SSSR count). The first-order chi connectivity index (χ1) is 13.9. The minimum absolute atomic E-state index is 0.0725. The van der Waals surface area contributed by atoms with Gasteiger partial charge in [-0.2, -0.15) is 0 Å². The number of hydrogen-bond acceptors (Lipinski definition) is 4. The molecule has 5 nitrogen and oxygen atoms in total. The monoisotopic (exact) mass is 471 g/mol. The minimum atomic E-state index is -0.465. The Hall–Kier alpha value is -2.44. The summed E-state index contributed by atoms with van der Waals surface area (Å²) < 4.78 is 0.824. The summed E-state index contributed by atoms with van der Waals surface area (Å²) in [5, 5.41) is 6.73. The van der Waals surface area contributed by atoms with Gasteiger partial charge in [-0.25, -0.2) is 4.98 Å². The van der Waals surface area contributed by atoms with Crippen LogP contribution in [0.4, 0.5) is 5.82 Å². The molecule has 2 aromatic rings. The van der Waals surface area contributed by atoms with Crippen molar-refractivity contribution in [1.82, 2.24) is 10.3 Å². The van der Waals surface area contributed by atoms with Crippen LogP contribution in [0.25, 0.3) is 0 Å². The van der Waals surface area contributed by atoms with Crippen molar-refractivity contribution in [3.8, 4) is 0 Å². The number of dihydropyridines is 1. The van der Waals surface area contributed by atoms with Crippen molar-refractivity contribution < 1.29 is 9.59 Å². The molecule has 1 aliphatic heterocycles. The Kier molecular flexibility index (Phi) is 5.56. The van der Waals surface area contributed by atoms with Gasteiger partial charge in [0, 0.05) is 50.6 Å². The number of amides is 1. The number of pyridine rings is 1. The van der Waals surface area contributed by atoms with Gasteiger partial charge in [0.2, 0.25) is 0 Å². The Balaban J connectivity index is 1.78. The second-order valence-corrected chi connectivity index (χ2v) is 8.49. The largest absolute Gasteiger partial charge is 0.362 e. The maximum absolute atomic E-state index is 13.3. The number of Topliss-reactive ketones (excluding diaryl/α,β-unsaturated/α-hetero) is 1. The van der Waals surface area contributed by atoms with Crippen LogP contribution in [-0.4, -0.2) is 16.7 Å². The number of carbonyl (C=O) groups is 2. The number of ketones is 1. The number of aromatic nitrogens is 1. The van der Waals surface area contributed by atoms with E-state index in [0.717, 1.165) is 34.3 Å². The third-order valence-corrected chi connectivity index (χ3v) is 5.88. The van der Waals surface area contributed by atoms with Crippen LogP contribution in [-0.2, 0) is 9.59 Å². The van der Waals surface area contributed by atoms with Crippen molar-refractivity contribution in [1.29, 1.82) is 0 Å². The number of hydrogen-bond donors (Lipinski definition) is 2. The molecule has 1 aromatic carbocycles. The van der Waals surface area contributed by atoms with Crippen LogP contribution in [0.3, 0.4) is 0 Å². The zero-order chi connectivity index (χ0) is 20.5. The fourth-order valence-corrected chi connectivity index (χ4v) is 4.37. The Morgan fingerprint density at radius 1 is 1.28 bits per heavy atom. The number of benzene rings is 1. The maximum Gasteiger partial charge on any atom is 0.255 e. The molecule has 0 saturated heterocycles. The number of carbonyl (C=O) groups excluding carboxylic acids is 2. The van der Waals surface area contributed by atoms with Gasteiger partial charge in [-0.15, -0.1) is 0 Å². The molecule has 2 N–H and O–H groups in total. The molecule has 29 heavy (non-hydrogen) atoms. The van der Waals surface area contributed by atoms with Crippen LogP contribution >= 0.6 is 27.5 Å². The second kappa shape index (κ2) is 8.13. The SMILES string of the molecule is CC1=C(C(=O)Nc2ccc(Br)cn2)[C@H](c2cccc(Cl)c2)C2=C(CCCC2=O)N1. The summed E-state index contributed by atoms with van der Waals surface area (Å²) in [6.45, 7) is 1.87. The summed E-state index contributed by atoms with van der Waals surface area (Å²) in [5.74, 6) is -0.241. The molecule has 7 heteroatoms. The Morgan fingerprint density at radius 2 is 2.10 bits per heavy atom. The van der Waals surface area contributed by atoms with Gasteiger partial charge in [0.05, 0.1) is 0 Å². The van der Waals surface area contributed by atoms with E-state index in [1.807, 2.05) is 31.2 Å². The van der Waals surface area contributed by atoms with E-state index in [2.05, 4.69) is 31.5 Å². The van der Waals surface area contributed by atoms with Gasteiger partial charge in [-0.3, -0.25) is 9.59 Å². The molecular formula is C22H19BrClN3O2. The number of rotatable bonds is 3. The second-order valence-electron chi connectivity index (χ2n) is 7.14. The van der Waals surface area contributed by atoms with Crippen molar-refractivity contribution in [2.45, 2.75) is 32.1 Å². The number of allylic oxidation sites excluding steroid dienone is 3. The van der Waals surface area contributed by atoms with Gasteiger partial charge >= 0.3 is 0 Å². The first-order valence-corrected chi connectivity index (χ1v) is 10.5. The topological polar surface area (TPSA) is 71.1 Å². The molecule has 1 atom stereocenters. The van der Waals surface area contributed by atoms with E-state index in [0.29, 0.717) is 28.4 Å². The smallest absolute Gasteiger partial charge is 0.255 e. The van der Waals surface area contributed by atoms with Gasteiger partial charge in [0.1, 0.15) is 5.82 Å². The van der Waals surface area contributed by atoms with E-state index in [1.165, 1.54) is 0 Å². The predicted molar refractivity (Wildman–Crippen MR) is 116 cm³/mol. The first-order valence-electron chi connectivity index (χ1n) is 9.36. The Labute approximate surface area is 182 Å². The fraction of sp³-hybridized carbons (Fsp3) is 0.227. The molecule has 1 amide bonds.